The van der Waals surface area contributed by atoms with Gasteiger partial charge in [-0.15, -0.1) is 0 Å². The van der Waals surface area contributed by atoms with E-state index in [1.165, 1.54) is 0 Å². The van der Waals surface area contributed by atoms with E-state index in [0.29, 0.717) is 32.5 Å². The molecule has 1 N–H and O–H groups in total. The molecule has 29 heavy (non-hydrogen) atoms. The smallest absolute Gasteiger partial charge is 0.247 e. The van der Waals surface area contributed by atoms with E-state index in [1.54, 1.807) is 19.1 Å². The molecule has 0 fully saturated rings. The first-order valence-electron chi connectivity index (χ1n) is 9.84. The fourth-order valence-corrected chi connectivity index (χ4v) is 3.09. The van der Waals surface area contributed by atoms with Gasteiger partial charge in [-0.25, -0.2) is 0 Å². The van der Waals surface area contributed by atoms with E-state index in [1.807, 2.05) is 61.5 Å². The maximum Gasteiger partial charge on any atom is 0.247 e. The second-order valence-corrected chi connectivity index (χ2v) is 6.72. The van der Waals surface area contributed by atoms with Crippen LogP contribution in [0.25, 0.3) is 0 Å². The lowest BCUT2D eigenvalue weighted by molar-refractivity contribution is -0.141. The molecule has 1 atom stereocenters. The Morgan fingerprint density at radius 3 is 2.31 bits per heavy atom. The summed E-state index contributed by atoms with van der Waals surface area (Å²) in [7, 11) is 3.20. The van der Waals surface area contributed by atoms with Gasteiger partial charge in [0.15, 0.2) is 0 Å². The summed E-state index contributed by atoms with van der Waals surface area (Å²) in [6.07, 6.45) is 1.09. The summed E-state index contributed by atoms with van der Waals surface area (Å²) in [4.78, 5) is 27.8. The Balaban J connectivity index is 2.36. The fraction of sp³-hybridized carbons (Fsp3) is 0.391. The van der Waals surface area contributed by atoms with Crippen LogP contribution in [0.5, 0.6) is 5.75 Å². The van der Waals surface area contributed by atoms with Gasteiger partial charge in [0.1, 0.15) is 11.8 Å². The van der Waals surface area contributed by atoms with Crippen molar-refractivity contribution in [2.24, 2.45) is 0 Å². The number of nitrogens with zero attached hydrogens (tertiary/aromatic N) is 1. The highest BCUT2D eigenvalue weighted by Gasteiger charge is 2.30. The van der Waals surface area contributed by atoms with Gasteiger partial charge < -0.3 is 19.7 Å². The molecule has 0 saturated heterocycles. The van der Waals surface area contributed by atoms with Crippen molar-refractivity contribution in [2.45, 2.75) is 32.4 Å². The molecule has 2 aromatic rings. The van der Waals surface area contributed by atoms with E-state index >= 15 is 0 Å². The number of amides is 2. The predicted molar refractivity (Wildman–Crippen MR) is 113 cm³/mol. The zero-order valence-corrected chi connectivity index (χ0v) is 17.4. The average molecular weight is 399 g/mol. The summed E-state index contributed by atoms with van der Waals surface area (Å²) >= 11 is 0. The van der Waals surface area contributed by atoms with E-state index < -0.39 is 6.04 Å². The summed E-state index contributed by atoms with van der Waals surface area (Å²) in [5, 5.41) is 2.89. The summed E-state index contributed by atoms with van der Waals surface area (Å²) in [5.74, 6) is 0.474. The third kappa shape index (κ3) is 6.61. The fourth-order valence-electron chi connectivity index (χ4n) is 3.09. The number of carbonyl (C=O) groups excluding carboxylic acids is 2. The van der Waals surface area contributed by atoms with Crippen LogP contribution in [0, 0.1) is 0 Å². The highest BCUT2D eigenvalue weighted by atomic mass is 16.5. The van der Waals surface area contributed by atoms with Crippen molar-refractivity contribution < 1.29 is 19.1 Å². The van der Waals surface area contributed by atoms with Gasteiger partial charge in [0.05, 0.1) is 13.7 Å². The zero-order valence-electron chi connectivity index (χ0n) is 17.4. The van der Waals surface area contributed by atoms with E-state index in [4.69, 9.17) is 9.47 Å². The molecule has 2 aromatic carbocycles. The van der Waals surface area contributed by atoms with Crippen molar-refractivity contribution in [3.05, 3.63) is 65.7 Å². The summed E-state index contributed by atoms with van der Waals surface area (Å²) in [5.41, 5.74) is 1.71. The Bertz CT molecular complexity index is 762. The van der Waals surface area contributed by atoms with Gasteiger partial charge in [-0.3, -0.25) is 9.59 Å². The lowest BCUT2D eigenvalue weighted by Crippen LogP contribution is -2.44. The molecule has 0 aliphatic heterocycles. The second-order valence-electron chi connectivity index (χ2n) is 6.72. The van der Waals surface area contributed by atoms with Gasteiger partial charge in [0.25, 0.3) is 0 Å². The van der Waals surface area contributed by atoms with Crippen LogP contribution in [0.2, 0.25) is 0 Å². The molecule has 2 amide bonds. The molecular formula is C23H30N2O4. The third-order valence-corrected chi connectivity index (χ3v) is 4.58. The third-order valence-electron chi connectivity index (χ3n) is 4.58. The number of hydrogen-bond acceptors (Lipinski definition) is 4. The SMILES string of the molecule is CCCC(=O)N(Cc1ccc(OC)cc1)[C@H](C(=O)NCCOC)c1ccccc1. The molecule has 0 unspecified atom stereocenters. The zero-order chi connectivity index (χ0) is 21.1. The lowest BCUT2D eigenvalue weighted by atomic mass is 10.0. The Morgan fingerprint density at radius 1 is 1.03 bits per heavy atom. The first kappa shape index (κ1) is 22.4. The average Bonchev–Trinajstić information content (AvgIpc) is 2.75. The predicted octanol–water partition coefficient (Wildman–Crippen LogP) is 3.33. The number of ether oxygens (including phenoxy) is 2. The van der Waals surface area contributed by atoms with Crippen molar-refractivity contribution in [1.29, 1.82) is 0 Å². The van der Waals surface area contributed by atoms with Crippen LogP contribution in [0.3, 0.4) is 0 Å². The van der Waals surface area contributed by atoms with E-state index in [-0.39, 0.29) is 11.8 Å². The van der Waals surface area contributed by atoms with Gasteiger partial charge in [-0.05, 0) is 29.7 Å². The Kier molecular flexibility index (Phi) is 9.18. The molecule has 2 rings (SSSR count). The van der Waals surface area contributed by atoms with E-state index in [0.717, 1.165) is 16.9 Å². The first-order chi connectivity index (χ1) is 14.1. The van der Waals surface area contributed by atoms with Crippen LogP contribution in [0.1, 0.15) is 36.9 Å². The molecule has 0 heterocycles. The number of carbonyl (C=O) groups is 2. The van der Waals surface area contributed by atoms with Crippen molar-refractivity contribution in [2.75, 3.05) is 27.4 Å². The maximum absolute atomic E-state index is 13.1. The number of benzene rings is 2. The van der Waals surface area contributed by atoms with Crippen LogP contribution in [-0.4, -0.2) is 44.1 Å². The Hall–Kier alpha value is -2.86. The number of hydrogen-bond donors (Lipinski definition) is 1. The Labute approximate surface area is 172 Å². The summed E-state index contributed by atoms with van der Waals surface area (Å²) < 4.78 is 10.2. The number of methoxy groups -OCH3 is 2. The van der Waals surface area contributed by atoms with Gasteiger partial charge in [-0.2, -0.15) is 0 Å². The molecule has 6 nitrogen and oxygen atoms in total. The van der Waals surface area contributed by atoms with Gasteiger partial charge in [0, 0.05) is 26.6 Å². The molecule has 0 bridgehead atoms. The van der Waals surface area contributed by atoms with Crippen LogP contribution in [0.4, 0.5) is 0 Å². The Morgan fingerprint density at radius 2 is 1.72 bits per heavy atom. The van der Waals surface area contributed by atoms with Crippen molar-refractivity contribution >= 4 is 11.8 Å². The number of nitrogens with one attached hydrogen (secondary N) is 1. The monoisotopic (exact) mass is 398 g/mol. The van der Waals surface area contributed by atoms with Crippen LogP contribution in [-0.2, 0) is 20.9 Å². The van der Waals surface area contributed by atoms with Crippen LogP contribution in [0.15, 0.2) is 54.6 Å². The van der Waals surface area contributed by atoms with Crippen LogP contribution < -0.4 is 10.1 Å². The first-order valence-corrected chi connectivity index (χ1v) is 9.84. The highest BCUT2D eigenvalue weighted by molar-refractivity contribution is 5.88. The quantitative estimate of drug-likeness (QED) is 0.590. The van der Waals surface area contributed by atoms with Crippen molar-refractivity contribution in [3.8, 4) is 5.75 Å². The van der Waals surface area contributed by atoms with Gasteiger partial charge in [-0.1, -0.05) is 49.4 Å². The molecular weight excluding hydrogens is 368 g/mol. The van der Waals surface area contributed by atoms with Crippen molar-refractivity contribution in [3.63, 3.8) is 0 Å². The van der Waals surface area contributed by atoms with Crippen LogP contribution >= 0.6 is 0 Å². The molecule has 0 aromatic heterocycles. The summed E-state index contributed by atoms with van der Waals surface area (Å²) in [6.45, 7) is 3.09. The minimum atomic E-state index is -0.714. The normalized spacial score (nSPS) is 11.6. The minimum Gasteiger partial charge on any atom is -0.497 e. The second kappa shape index (κ2) is 11.9. The van der Waals surface area contributed by atoms with E-state index in [2.05, 4.69) is 5.32 Å². The molecule has 156 valence electrons. The molecule has 6 heteroatoms. The van der Waals surface area contributed by atoms with E-state index in [9.17, 15) is 9.59 Å². The molecule has 0 radical (unpaired) electrons. The highest BCUT2D eigenvalue weighted by Crippen LogP contribution is 2.25. The molecule has 0 spiro atoms. The maximum atomic E-state index is 13.1. The van der Waals surface area contributed by atoms with Gasteiger partial charge in [0.2, 0.25) is 11.8 Å². The topological polar surface area (TPSA) is 67.9 Å². The van der Waals surface area contributed by atoms with Crippen molar-refractivity contribution in [1.82, 2.24) is 10.2 Å². The molecule has 0 saturated carbocycles. The summed E-state index contributed by atoms with van der Waals surface area (Å²) in [6, 6.07) is 16.2. The largest absolute Gasteiger partial charge is 0.497 e. The molecule has 0 aliphatic rings. The van der Waals surface area contributed by atoms with Gasteiger partial charge >= 0.3 is 0 Å². The lowest BCUT2D eigenvalue weighted by Gasteiger charge is -2.31. The standard InChI is InChI=1S/C23H30N2O4/c1-4-8-21(26)25(17-18-11-13-20(29-3)14-12-18)22(19-9-6-5-7-10-19)23(27)24-15-16-28-2/h5-7,9-14,22H,4,8,15-17H2,1-3H3,(H,24,27)/t22-/m0/s1. The minimum absolute atomic E-state index is 0.0564. The molecule has 0 aliphatic carbocycles. The number of rotatable bonds is 11.